The molecule has 0 saturated carbocycles. The molecule has 1 atom stereocenters. The van der Waals surface area contributed by atoms with Crippen molar-refractivity contribution in [2.24, 2.45) is 5.92 Å². The molecule has 0 N–H and O–H groups in total. The number of allylic oxidation sites excluding steroid dienone is 4. The van der Waals surface area contributed by atoms with Crippen LogP contribution in [0.4, 0.5) is 0 Å². The molecule has 0 aliphatic rings. The summed E-state index contributed by atoms with van der Waals surface area (Å²) in [5.74, 6) is 0.253. The molecule has 0 saturated heterocycles. The molecule has 0 radical (unpaired) electrons. The molecule has 0 fully saturated rings. The Labute approximate surface area is 75.2 Å². The highest BCUT2D eigenvalue weighted by Gasteiger charge is 2.12. The van der Waals surface area contributed by atoms with Crippen LogP contribution in [0, 0.1) is 5.92 Å². The maximum atomic E-state index is 11.4. The maximum absolute atomic E-state index is 11.4. The van der Waals surface area contributed by atoms with Gasteiger partial charge in [-0.05, 0) is 26.3 Å². The van der Waals surface area contributed by atoms with Crippen molar-refractivity contribution in [3.63, 3.8) is 0 Å². The quantitative estimate of drug-likeness (QED) is 0.463. The van der Waals surface area contributed by atoms with Crippen molar-refractivity contribution in [1.29, 1.82) is 0 Å². The van der Waals surface area contributed by atoms with Gasteiger partial charge in [-0.3, -0.25) is 4.79 Å². The van der Waals surface area contributed by atoms with E-state index in [0.717, 1.165) is 6.42 Å². The Bertz CT molecular complexity index is 199. The number of carbonyl (C=O) groups excluding carboxylic acids is 1. The lowest BCUT2D eigenvalue weighted by atomic mass is 9.94. The van der Waals surface area contributed by atoms with Gasteiger partial charge in [-0.25, -0.2) is 0 Å². The van der Waals surface area contributed by atoms with Crippen molar-refractivity contribution in [1.82, 2.24) is 0 Å². The highest BCUT2D eigenvalue weighted by molar-refractivity contribution is 5.93. The molecular formula is C11H18O. The van der Waals surface area contributed by atoms with Crippen molar-refractivity contribution >= 4 is 5.78 Å². The fourth-order valence-corrected chi connectivity index (χ4v) is 1.25. The summed E-state index contributed by atoms with van der Waals surface area (Å²) in [6, 6.07) is 0. The largest absolute Gasteiger partial charge is 0.294 e. The van der Waals surface area contributed by atoms with Gasteiger partial charge in [-0.2, -0.15) is 0 Å². The van der Waals surface area contributed by atoms with E-state index < -0.39 is 0 Å². The molecule has 0 spiro atoms. The van der Waals surface area contributed by atoms with E-state index in [4.69, 9.17) is 0 Å². The van der Waals surface area contributed by atoms with Crippen molar-refractivity contribution < 1.29 is 4.79 Å². The second-order valence-corrected chi connectivity index (χ2v) is 2.84. The number of hydrogen-bond acceptors (Lipinski definition) is 1. The van der Waals surface area contributed by atoms with E-state index in [9.17, 15) is 4.79 Å². The lowest BCUT2D eigenvalue weighted by molar-refractivity contribution is -0.116. The van der Waals surface area contributed by atoms with Crippen LogP contribution in [0.15, 0.2) is 23.8 Å². The molecule has 1 unspecified atom stereocenters. The van der Waals surface area contributed by atoms with E-state index in [2.05, 4.69) is 6.92 Å². The number of rotatable bonds is 4. The van der Waals surface area contributed by atoms with E-state index in [1.165, 1.54) is 5.57 Å². The van der Waals surface area contributed by atoms with Gasteiger partial charge in [-0.1, -0.05) is 31.6 Å². The number of ketones is 1. The summed E-state index contributed by atoms with van der Waals surface area (Å²) >= 11 is 0. The predicted octanol–water partition coefficient (Wildman–Crippen LogP) is 3.12. The van der Waals surface area contributed by atoms with Gasteiger partial charge in [0.25, 0.3) is 0 Å². The minimum atomic E-state index is 0.0520. The molecule has 0 aliphatic heterocycles. The molecule has 0 aromatic heterocycles. The number of hydrogen-bond donors (Lipinski definition) is 0. The molecule has 0 heterocycles. The second kappa shape index (κ2) is 5.76. The highest BCUT2D eigenvalue weighted by atomic mass is 16.1. The van der Waals surface area contributed by atoms with Crippen molar-refractivity contribution in [2.45, 2.75) is 34.1 Å². The third-order valence-corrected chi connectivity index (χ3v) is 2.09. The first kappa shape index (κ1) is 11.2. The molecule has 0 aliphatic carbocycles. The van der Waals surface area contributed by atoms with Crippen LogP contribution in [0.1, 0.15) is 34.1 Å². The molecule has 0 rings (SSSR count). The molecular weight excluding hydrogens is 148 g/mol. The van der Waals surface area contributed by atoms with Crippen LogP contribution in [0.2, 0.25) is 0 Å². The molecule has 0 aromatic carbocycles. The van der Waals surface area contributed by atoms with Crippen molar-refractivity contribution in [3.8, 4) is 0 Å². The summed E-state index contributed by atoms with van der Waals surface area (Å²) in [6.07, 6.45) is 6.43. The standard InChI is InChI=1S/C11H18O/c1-5-8-11(12)9(4)10(6-2)7-3/h5-6,8-9H,7H2,1-4H3/b8-5+,10-6+. The highest BCUT2D eigenvalue weighted by Crippen LogP contribution is 2.15. The zero-order chi connectivity index (χ0) is 9.56. The normalized spacial score (nSPS) is 15.2. The second-order valence-electron chi connectivity index (χ2n) is 2.84. The molecule has 0 amide bonds. The minimum Gasteiger partial charge on any atom is -0.294 e. The monoisotopic (exact) mass is 166 g/mol. The fraction of sp³-hybridized carbons (Fsp3) is 0.545. The molecule has 0 bridgehead atoms. The van der Waals surface area contributed by atoms with Gasteiger partial charge < -0.3 is 0 Å². The Morgan fingerprint density at radius 1 is 1.42 bits per heavy atom. The summed E-state index contributed by atoms with van der Waals surface area (Å²) in [5, 5.41) is 0. The van der Waals surface area contributed by atoms with Gasteiger partial charge in [0.05, 0.1) is 0 Å². The van der Waals surface area contributed by atoms with Crippen LogP contribution in [0.5, 0.6) is 0 Å². The third kappa shape index (κ3) is 3.04. The minimum absolute atomic E-state index is 0.0520. The lowest BCUT2D eigenvalue weighted by Crippen LogP contribution is -2.10. The summed E-state index contributed by atoms with van der Waals surface area (Å²) < 4.78 is 0. The maximum Gasteiger partial charge on any atom is 0.162 e. The predicted molar refractivity (Wildman–Crippen MR) is 53.0 cm³/mol. The summed E-state index contributed by atoms with van der Waals surface area (Å²) in [4.78, 5) is 11.4. The van der Waals surface area contributed by atoms with E-state index in [1.54, 1.807) is 12.2 Å². The first-order valence-electron chi connectivity index (χ1n) is 4.48. The first-order chi connectivity index (χ1) is 5.67. The van der Waals surface area contributed by atoms with E-state index in [0.29, 0.717) is 0 Å². The number of carbonyl (C=O) groups is 1. The van der Waals surface area contributed by atoms with Crippen LogP contribution in [-0.4, -0.2) is 5.78 Å². The average molecular weight is 166 g/mol. The van der Waals surface area contributed by atoms with Gasteiger partial charge in [0.15, 0.2) is 5.78 Å². The summed E-state index contributed by atoms with van der Waals surface area (Å²) in [6.45, 7) is 7.89. The SMILES string of the molecule is C/C=C/C(=O)C(C)/C(=C/C)CC. The first-order valence-corrected chi connectivity index (χ1v) is 4.48. The van der Waals surface area contributed by atoms with Gasteiger partial charge in [0, 0.05) is 5.92 Å². The van der Waals surface area contributed by atoms with Gasteiger partial charge in [0.2, 0.25) is 0 Å². The van der Waals surface area contributed by atoms with Crippen LogP contribution in [0.25, 0.3) is 0 Å². The van der Waals surface area contributed by atoms with E-state index >= 15 is 0 Å². The fourth-order valence-electron chi connectivity index (χ4n) is 1.25. The van der Waals surface area contributed by atoms with E-state index in [-0.39, 0.29) is 11.7 Å². The smallest absolute Gasteiger partial charge is 0.162 e. The molecule has 68 valence electrons. The Hall–Kier alpha value is -0.850. The van der Waals surface area contributed by atoms with Crippen LogP contribution in [-0.2, 0) is 4.79 Å². The third-order valence-electron chi connectivity index (χ3n) is 2.09. The van der Waals surface area contributed by atoms with Crippen molar-refractivity contribution in [3.05, 3.63) is 23.8 Å². The Kier molecular flexibility index (Phi) is 5.35. The molecule has 0 aromatic rings. The summed E-state index contributed by atoms with van der Waals surface area (Å²) in [7, 11) is 0. The average Bonchev–Trinajstić information content (AvgIpc) is 2.07. The Morgan fingerprint density at radius 3 is 2.33 bits per heavy atom. The summed E-state index contributed by atoms with van der Waals surface area (Å²) in [5.41, 5.74) is 1.22. The Morgan fingerprint density at radius 2 is 2.00 bits per heavy atom. The zero-order valence-electron chi connectivity index (χ0n) is 8.42. The lowest BCUT2D eigenvalue weighted by Gasteiger charge is -2.10. The van der Waals surface area contributed by atoms with E-state index in [1.807, 2.05) is 26.8 Å². The molecule has 1 heteroatoms. The van der Waals surface area contributed by atoms with Crippen LogP contribution in [0.3, 0.4) is 0 Å². The zero-order valence-corrected chi connectivity index (χ0v) is 8.42. The molecule has 1 nitrogen and oxygen atoms in total. The molecule has 12 heavy (non-hydrogen) atoms. The van der Waals surface area contributed by atoms with Gasteiger partial charge in [0.1, 0.15) is 0 Å². The van der Waals surface area contributed by atoms with Crippen LogP contribution < -0.4 is 0 Å². The van der Waals surface area contributed by atoms with Crippen LogP contribution >= 0.6 is 0 Å². The van der Waals surface area contributed by atoms with Crippen molar-refractivity contribution in [2.75, 3.05) is 0 Å². The van der Waals surface area contributed by atoms with Gasteiger partial charge in [-0.15, -0.1) is 0 Å². The Balaban J connectivity index is 4.37. The van der Waals surface area contributed by atoms with Gasteiger partial charge >= 0.3 is 0 Å². The topological polar surface area (TPSA) is 17.1 Å².